The van der Waals surface area contributed by atoms with Crippen molar-refractivity contribution in [2.75, 3.05) is 36.5 Å². The molecule has 4 aromatic rings. The molecule has 0 aliphatic carbocycles. The van der Waals surface area contributed by atoms with Crippen LogP contribution in [0.4, 0.5) is 11.5 Å². The van der Waals surface area contributed by atoms with Gasteiger partial charge in [0.1, 0.15) is 0 Å². The lowest BCUT2D eigenvalue weighted by Crippen LogP contribution is -2.36. The predicted octanol–water partition coefficient (Wildman–Crippen LogP) is 4.59. The largest absolute Gasteiger partial charge is 0.378 e. The number of thiophene rings is 1. The van der Waals surface area contributed by atoms with E-state index in [9.17, 15) is 9.59 Å². The number of amides is 2. The summed E-state index contributed by atoms with van der Waals surface area (Å²) < 4.78 is 6.14. The second kappa shape index (κ2) is 10.3. The highest BCUT2D eigenvalue weighted by molar-refractivity contribution is 7.21. The van der Waals surface area contributed by atoms with Gasteiger partial charge in [-0.1, -0.05) is 37.3 Å². The number of benzene rings is 2. The Morgan fingerprint density at radius 2 is 1.83 bits per heavy atom. The summed E-state index contributed by atoms with van der Waals surface area (Å²) in [4.78, 5) is 28.6. The molecule has 5 rings (SSSR count). The fourth-order valence-corrected chi connectivity index (χ4v) is 5.13. The van der Waals surface area contributed by atoms with E-state index in [4.69, 9.17) is 4.74 Å². The topological polar surface area (TPSA) is 99.3 Å². The van der Waals surface area contributed by atoms with E-state index in [1.807, 2.05) is 61.5 Å². The van der Waals surface area contributed by atoms with Gasteiger partial charge in [-0.05, 0) is 42.3 Å². The number of nitrogens with zero attached hydrogens (tertiary/aromatic N) is 2. The Kier molecular flexibility index (Phi) is 6.78. The molecule has 1 fully saturated rings. The maximum atomic E-state index is 12.9. The van der Waals surface area contributed by atoms with Crippen molar-refractivity contribution in [2.45, 2.75) is 19.4 Å². The number of aromatic nitrogens is 2. The number of hydrogen-bond donors (Lipinski definition) is 3. The van der Waals surface area contributed by atoms with Crippen LogP contribution >= 0.6 is 11.3 Å². The molecule has 8 nitrogen and oxygen atoms in total. The van der Waals surface area contributed by atoms with E-state index in [0.29, 0.717) is 35.0 Å². The summed E-state index contributed by atoms with van der Waals surface area (Å²) >= 11 is 1.31. The van der Waals surface area contributed by atoms with Gasteiger partial charge >= 0.3 is 0 Å². The quantitative estimate of drug-likeness (QED) is 0.353. The van der Waals surface area contributed by atoms with E-state index in [2.05, 4.69) is 25.7 Å². The van der Waals surface area contributed by atoms with Crippen molar-refractivity contribution < 1.29 is 14.3 Å². The summed E-state index contributed by atoms with van der Waals surface area (Å²) in [5.74, 6) is 0.0224. The molecule has 9 heteroatoms. The van der Waals surface area contributed by atoms with E-state index in [1.165, 1.54) is 11.3 Å². The zero-order chi connectivity index (χ0) is 24.2. The van der Waals surface area contributed by atoms with E-state index in [-0.39, 0.29) is 17.9 Å². The number of carbonyl (C=O) groups excluding carboxylic acids is 2. The van der Waals surface area contributed by atoms with Gasteiger partial charge in [0.05, 0.1) is 34.3 Å². The molecule has 1 saturated heterocycles. The van der Waals surface area contributed by atoms with Crippen LogP contribution in [-0.4, -0.2) is 48.3 Å². The van der Waals surface area contributed by atoms with Crippen LogP contribution in [0.1, 0.15) is 45.0 Å². The summed E-state index contributed by atoms with van der Waals surface area (Å²) in [6.07, 6.45) is 0.784. The standard InChI is InChI=1S/C26H27N5O3S/c1-2-20(17-6-4-3-5-7-17)27-26(33)22-16-21-23(35-22)24(30-29-21)28-25(32)18-8-10-19(11-9-18)31-12-14-34-15-13-31/h3-11,16,20H,2,12-15H2,1H3,(H,27,33)(H2,28,29,30,32)/t20-/m1/s1. The van der Waals surface area contributed by atoms with Gasteiger partial charge in [-0.25, -0.2) is 0 Å². The monoisotopic (exact) mass is 489 g/mol. The first-order valence-corrected chi connectivity index (χ1v) is 12.5. The Hall–Kier alpha value is -3.69. The first-order valence-electron chi connectivity index (χ1n) is 11.7. The second-order valence-corrected chi connectivity index (χ2v) is 9.42. The maximum Gasteiger partial charge on any atom is 0.261 e. The predicted molar refractivity (Wildman–Crippen MR) is 138 cm³/mol. The van der Waals surface area contributed by atoms with Gasteiger partial charge in [0.25, 0.3) is 11.8 Å². The Morgan fingerprint density at radius 1 is 1.09 bits per heavy atom. The van der Waals surface area contributed by atoms with Crippen LogP contribution < -0.4 is 15.5 Å². The Bertz CT molecular complexity index is 1310. The fourth-order valence-electron chi connectivity index (χ4n) is 4.17. The van der Waals surface area contributed by atoms with Gasteiger partial charge in [0.2, 0.25) is 0 Å². The van der Waals surface area contributed by atoms with Crippen LogP contribution in [0.5, 0.6) is 0 Å². The summed E-state index contributed by atoms with van der Waals surface area (Å²) in [5, 5.41) is 13.1. The number of H-pyrrole nitrogens is 1. The average Bonchev–Trinajstić information content (AvgIpc) is 3.50. The van der Waals surface area contributed by atoms with E-state index in [1.54, 1.807) is 6.07 Å². The summed E-state index contributed by atoms with van der Waals surface area (Å²) in [6.45, 7) is 5.15. The van der Waals surface area contributed by atoms with E-state index >= 15 is 0 Å². The van der Waals surface area contributed by atoms with Gasteiger partial charge in [-0.2, -0.15) is 5.10 Å². The lowest BCUT2D eigenvalue weighted by atomic mass is 10.0. The molecule has 3 N–H and O–H groups in total. The average molecular weight is 490 g/mol. The third-order valence-electron chi connectivity index (χ3n) is 6.11. The van der Waals surface area contributed by atoms with Crippen molar-refractivity contribution in [3.63, 3.8) is 0 Å². The van der Waals surface area contributed by atoms with Gasteiger partial charge in [-0.3, -0.25) is 14.7 Å². The molecule has 3 heterocycles. The Labute approximate surface area is 207 Å². The number of rotatable bonds is 7. The maximum absolute atomic E-state index is 12.9. The number of anilines is 2. The van der Waals surface area contributed by atoms with Crippen molar-refractivity contribution in [1.29, 1.82) is 0 Å². The summed E-state index contributed by atoms with van der Waals surface area (Å²) in [7, 11) is 0. The molecule has 35 heavy (non-hydrogen) atoms. The number of aromatic amines is 1. The van der Waals surface area contributed by atoms with Crippen molar-refractivity contribution in [3.8, 4) is 0 Å². The number of ether oxygens (including phenoxy) is 1. The summed E-state index contributed by atoms with van der Waals surface area (Å²) in [5.41, 5.74) is 3.40. The molecule has 0 unspecified atom stereocenters. The van der Waals surface area contributed by atoms with Crippen molar-refractivity contribution in [1.82, 2.24) is 15.5 Å². The van der Waals surface area contributed by atoms with Crippen molar-refractivity contribution in [3.05, 3.63) is 76.7 Å². The number of hydrogen-bond acceptors (Lipinski definition) is 6. The lowest BCUT2D eigenvalue weighted by Gasteiger charge is -2.28. The zero-order valence-corrected chi connectivity index (χ0v) is 20.2. The second-order valence-electron chi connectivity index (χ2n) is 8.37. The minimum atomic E-state index is -0.249. The first-order chi connectivity index (χ1) is 17.1. The molecule has 2 aromatic carbocycles. The Morgan fingerprint density at radius 3 is 2.54 bits per heavy atom. The molecule has 0 bridgehead atoms. The third-order valence-corrected chi connectivity index (χ3v) is 7.25. The molecular formula is C26H27N5O3S. The Balaban J connectivity index is 1.27. The summed E-state index contributed by atoms with van der Waals surface area (Å²) in [6, 6.07) is 19.1. The third kappa shape index (κ3) is 5.06. The molecule has 2 aromatic heterocycles. The molecule has 1 atom stereocenters. The number of nitrogens with one attached hydrogen (secondary N) is 3. The van der Waals surface area contributed by atoms with Crippen LogP contribution in [0.3, 0.4) is 0 Å². The SMILES string of the molecule is CC[C@@H](NC(=O)c1cc2[nH]nc(NC(=O)c3ccc(N4CCOCC4)cc3)c2s1)c1ccccc1. The lowest BCUT2D eigenvalue weighted by molar-refractivity contribution is 0.0939. The first kappa shape index (κ1) is 23.1. The van der Waals surface area contributed by atoms with Gasteiger partial charge in [0, 0.05) is 24.3 Å². The van der Waals surface area contributed by atoms with Crippen molar-refractivity contribution in [2.24, 2.45) is 0 Å². The number of morpholine rings is 1. The van der Waals surface area contributed by atoms with Crippen LogP contribution in [0.15, 0.2) is 60.7 Å². The molecular weight excluding hydrogens is 462 g/mol. The molecule has 0 saturated carbocycles. The molecule has 0 radical (unpaired) electrons. The molecule has 1 aliphatic heterocycles. The zero-order valence-electron chi connectivity index (χ0n) is 19.4. The van der Waals surface area contributed by atoms with Gasteiger partial charge in [0.15, 0.2) is 5.82 Å². The molecule has 2 amide bonds. The highest BCUT2D eigenvalue weighted by Crippen LogP contribution is 2.31. The highest BCUT2D eigenvalue weighted by Gasteiger charge is 2.20. The fraction of sp³-hybridized carbons (Fsp3) is 0.269. The van der Waals surface area contributed by atoms with Gasteiger partial charge in [-0.15, -0.1) is 11.3 Å². The smallest absolute Gasteiger partial charge is 0.261 e. The van der Waals surface area contributed by atoms with E-state index in [0.717, 1.165) is 35.5 Å². The van der Waals surface area contributed by atoms with Crippen LogP contribution in [0.25, 0.3) is 10.2 Å². The minimum Gasteiger partial charge on any atom is -0.378 e. The molecule has 0 spiro atoms. The number of fused-ring (bicyclic) bond motifs is 1. The van der Waals surface area contributed by atoms with Crippen LogP contribution in [-0.2, 0) is 4.74 Å². The molecule has 180 valence electrons. The number of carbonyl (C=O) groups is 2. The van der Waals surface area contributed by atoms with Gasteiger partial charge < -0.3 is 20.3 Å². The van der Waals surface area contributed by atoms with Crippen LogP contribution in [0.2, 0.25) is 0 Å². The van der Waals surface area contributed by atoms with E-state index < -0.39 is 0 Å². The molecule has 1 aliphatic rings. The highest BCUT2D eigenvalue weighted by atomic mass is 32.1. The van der Waals surface area contributed by atoms with Crippen molar-refractivity contribution >= 4 is 44.9 Å². The minimum absolute atomic E-state index is 0.0677. The van der Waals surface area contributed by atoms with Crippen LogP contribution in [0, 0.1) is 0 Å². The normalized spacial score (nSPS) is 14.6.